The van der Waals surface area contributed by atoms with Gasteiger partial charge in [0.15, 0.2) is 0 Å². The van der Waals surface area contributed by atoms with Crippen LogP contribution in [0, 0.1) is 0 Å². The largest absolute Gasteiger partial charge is 0.279 e. The molecular formula is C5H7F2N. The van der Waals surface area contributed by atoms with Gasteiger partial charge in [-0.1, -0.05) is 6.58 Å². The summed E-state index contributed by atoms with van der Waals surface area (Å²) in [6, 6.07) is 0. The number of halogens is 2. The molecular weight excluding hydrogens is 112 g/mol. The summed E-state index contributed by atoms with van der Waals surface area (Å²) in [4.78, 5) is 3.25. The predicted molar refractivity (Wildman–Crippen MR) is 29.3 cm³/mol. The lowest BCUT2D eigenvalue weighted by Crippen LogP contribution is -1.90. The molecule has 0 aromatic heterocycles. The summed E-state index contributed by atoms with van der Waals surface area (Å²) in [5, 5.41) is 0. The number of nitrogens with zero attached hydrogens (tertiary/aromatic N) is 1. The van der Waals surface area contributed by atoms with Crippen LogP contribution >= 0.6 is 0 Å². The zero-order chi connectivity index (χ0) is 6.57. The van der Waals surface area contributed by atoms with E-state index in [1.165, 1.54) is 6.21 Å². The lowest BCUT2D eigenvalue weighted by molar-refractivity contribution is 0.189. The average molecular weight is 119 g/mol. The molecule has 0 heterocycles. The second-order valence-electron chi connectivity index (χ2n) is 1.18. The van der Waals surface area contributed by atoms with Gasteiger partial charge in [0.1, 0.15) is 0 Å². The first kappa shape index (κ1) is 7.27. The van der Waals surface area contributed by atoms with E-state index in [1.807, 2.05) is 0 Å². The Kier molecular flexibility index (Phi) is 2.99. The van der Waals surface area contributed by atoms with Gasteiger partial charge >= 0.3 is 0 Å². The van der Waals surface area contributed by atoms with E-state index in [9.17, 15) is 8.78 Å². The molecule has 0 aromatic rings. The van der Waals surface area contributed by atoms with Crippen molar-refractivity contribution in [2.24, 2.45) is 4.99 Å². The Bertz CT molecular complexity index is 107. The van der Waals surface area contributed by atoms with Gasteiger partial charge in [-0.3, -0.25) is 4.99 Å². The van der Waals surface area contributed by atoms with Crippen LogP contribution in [0.3, 0.4) is 0 Å². The summed E-state index contributed by atoms with van der Waals surface area (Å²) >= 11 is 0. The third kappa shape index (κ3) is 2.44. The molecule has 0 aliphatic rings. The normalized spacial score (nSPS) is 11.0. The van der Waals surface area contributed by atoms with Crippen LogP contribution < -0.4 is 0 Å². The molecule has 0 atom stereocenters. The SMILES string of the molecule is C=C(N=CC)C(F)F. The molecule has 0 N–H and O–H groups in total. The molecule has 0 fully saturated rings. The van der Waals surface area contributed by atoms with Gasteiger partial charge in [0, 0.05) is 6.21 Å². The van der Waals surface area contributed by atoms with Crippen molar-refractivity contribution in [1.29, 1.82) is 0 Å². The summed E-state index contributed by atoms with van der Waals surface area (Å²) in [5.41, 5.74) is -0.382. The van der Waals surface area contributed by atoms with E-state index in [4.69, 9.17) is 0 Å². The molecule has 0 saturated carbocycles. The van der Waals surface area contributed by atoms with Gasteiger partial charge in [-0.2, -0.15) is 0 Å². The number of allylic oxidation sites excluding steroid dienone is 1. The van der Waals surface area contributed by atoms with Crippen LogP contribution in [-0.4, -0.2) is 12.6 Å². The maximum atomic E-state index is 11.4. The molecule has 0 aromatic carbocycles. The minimum absolute atomic E-state index is 0.382. The first-order chi connectivity index (χ1) is 3.68. The molecule has 8 heavy (non-hydrogen) atoms. The molecule has 0 saturated heterocycles. The van der Waals surface area contributed by atoms with Crippen molar-refractivity contribution in [2.45, 2.75) is 13.3 Å². The van der Waals surface area contributed by atoms with Crippen molar-refractivity contribution >= 4 is 6.21 Å². The van der Waals surface area contributed by atoms with E-state index in [1.54, 1.807) is 6.92 Å². The van der Waals surface area contributed by atoms with Crippen molar-refractivity contribution in [1.82, 2.24) is 0 Å². The number of hydrogen-bond donors (Lipinski definition) is 0. The fourth-order valence-electron chi connectivity index (χ4n) is 0.222. The lowest BCUT2D eigenvalue weighted by atomic mass is 10.5. The fourth-order valence-corrected chi connectivity index (χ4v) is 0.222. The van der Waals surface area contributed by atoms with Gasteiger partial charge in [-0.05, 0) is 6.92 Å². The van der Waals surface area contributed by atoms with Crippen LogP contribution in [0.15, 0.2) is 17.3 Å². The topological polar surface area (TPSA) is 12.4 Å². The predicted octanol–water partition coefficient (Wildman–Crippen LogP) is 1.86. The quantitative estimate of drug-likeness (QED) is 0.492. The molecule has 1 nitrogen and oxygen atoms in total. The highest BCUT2D eigenvalue weighted by Crippen LogP contribution is 2.04. The second-order valence-corrected chi connectivity index (χ2v) is 1.18. The van der Waals surface area contributed by atoms with Crippen LogP contribution in [0.25, 0.3) is 0 Å². The Labute approximate surface area is 46.7 Å². The summed E-state index contributed by atoms with van der Waals surface area (Å²) in [5.74, 6) is 0. The van der Waals surface area contributed by atoms with Gasteiger partial charge in [-0.25, -0.2) is 8.78 Å². The van der Waals surface area contributed by atoms with Crippen molar-refractivity contribution in [3.05, 3.63) is 12.3 Å². The van der Waals surface area contributed by atoms with Gasteiger partial charge in [-0.15, -0.1) is 0 Å². The Balaban J connectivity index is 3.66. The molecule has 0 unspecified atom stereocenters. The monoisotopic (exact) mass is 119 g/mol. The maximum absolute atomic E-state index is 11.4. The van der Waals surface area contributed by atoms with E-state index in [0.717, 1.165) is 0 Å². The van der Waals surface area contributed by atoms with Crippen molar-refractivity contribution in [3.8, 4) is 0 Å². The molecule has 0 aliphatic heterocycles. The molecule has 0 radical (unpaired) electrons. The Morgan fingerprint density at radius 2 is 2.25 bits per heavy atom. The van der Waals surface area contributed by atoms with Crippen LogP contribution in [0.2, 0.25) is 0 Å². The van der Waals surface area contributed by atoms with Crippen LogP contribution in [0.4, 0.5) is 8.78 Å². The molecule has 0 rings (SSSR count). The summed E-state index contributed by atoms with van der Waals surface area (Å²) < 4.78 is 22.8. The zero-order valence-electron chi connectivity index (χ0n) is 4.56. The number of alkyl halides is 2. The van der Waals surface area contributed by atoms with E-state index in [2.05, 4.69) is 11.6 Å². The van der Waals surface area contributed by atoms with Crippen LogP contribution in [0.5, 0.6) is 0 Å². The van der Waals surface area contributed by atoms with Crippen molar-refractivity contribution in [2.75, 3.05) is 0 Å². The first-order valence-corrected chi connectivity index (χ1v) is 2.14. The highest BCUT2D eigenvalue weighted by atomic mass is 19.3. The van der Waals surface area contributed by atoms with E-state index in [-0.39, 0.29) is 5.70 Å². The minimum atomic E-state index is -2.52. The molecule has 3 heteroatoms. The maximum Gasteiger partial charge on any atom is 0.279 e. The summed E-state index contributed by atoms with van der Waals surface area (Å²) in [7, 11) is 0. The Morgan fingerprint density at radius 3 is 2.38 bits per heavy atom. The highest BCUT2D eigenvalue weighted by Gasteiger charge is 2.03. The number of rotatable bonds is 2. The second kappa shape index (κ2) is 3.29. The first-order valence-electron chi connectivity index (χ1n) is 2.14. The van der Waals surface area contributed by atoms with Gasteiger partial charge in [0.25, 0.3) is 6.43 Å². The number of aliphatic imine (C=N–C) groups is 1. The molecule has 0 bridgehead atoms. The van der Waals surface area contributed by atoms with Gasteiger partial charge in [0.2, 0.25) is 0 Å². The van der Waals surface area contributed by atoms with Crippen molar-refractivity contribution in [3.63, 3.8) is 0 Å². The summed E-state index contributed by atoms with van der Waals surface area (Å²) in [6.07, 6.45) is -1.24. The molecule has 0 amide bonds. The Hall–Kier alpha value is -0.730. The average Bonchev–Trinajstić information content (AvgIpc) is 1.67. The van der Waals surface area contributed by atoms with Gasteiger partial charge < -0.3 is 0 Å². The van der Waals surface area contributed by atoms with Crippen LogP contribution in [-0.2, 0) is 0 Å². The Morgan fingerprint density at radius 1 is 1.75 bits per heavy atom. The lowest BCUT2D eigenvalue weighted by Gasteiger charge is -1.92. The smallest absolute Gasteiger partial charge is 0.261 e. The van der Waals surface area contributed by atoms with Crippen molar-refractivity contribution < 1.29 is 8.78 Å². The molecule has 46 valence electrons. The third-order valence-corrected chi connectivity index (χ3v) is 0.547. The fraction of sp³-hybridized carbons (Fsp3) is 0.400. The standard InChI is InChI=1S/C5H7F2N/c1-3-8-4(2)5(6)7/h3,5H,2H2,1H3. The third-order valence-electron chi connectivity index (χ3n) is 0.547. The van der Waals surface area contributed by atoms with E-state index >= 15 is 0 Å². The van der Waals surface area contributed by atoms with E-state index in [0.29, 0.717) is 0 Å². The molecule has 0 aliphatic carbocycles. The van der Waals surface area contributed by atoms with E-state index < -0.39 is 6.43 Å². The zero-order valence-corrected chi connectivity index (χ0v) is 4.56. The summed E-state index contributed by atoms with van der Waals surface area (Å²) in [6.45, 7) is 4.56. The number of hydrogen-bond acceptors (Lipinski definition) is 1. The minimum Gasteiger partial charge on any atom is -0.261 e. The molecule has 0 spiro atoms. The van der Waals surface area contributed by atoms with Crippen LogP contribution in [0.1, 0.15) is 6.92 Å². The highest BCUT2D eigenvalue weighted by molar-refractivity contribution is 5.55. The van der Waals surface area contributed by atoms with Gasteiger partial charge in [0.05, 0.1) is 5.70 Å².